The van der Waals surface area contributed by atoms with Crippen molar-refractivity contribution < 1.29 is 5.11 Å². The molecule has 2 unspecified atom stereocenters. The van der Waals surface area contributed by atoms with E-state index in [1.807, 2.05) is 0 Å². The Labute approximate surface area is 64.4 Å². The monoisotopic (exact) mass is 158 g/mol. The molecule has 0 aromatic heterocycles. The largest absolute Gasteiger partial charge is 0.393 e. The molecule has 0 radical (unpaired) electrons. The molecule has 2 heteroatoms. The van der Waals surface area contributed by atoms with Crippen molar-refractivity contribution in [2.45, 2.75) is 37.4 Å². The Hall–Kier alpha value is 0.390. The summed E-state index contributed by atoms with van der Waals surface area (Å²) < 4.78 is 0. The fourth-order valence-corrected chi connectivity index (χ4v) is 3.02. The Bertz CT molecular complexity index is 121. The maximum absolute atomic E-state index is 9.51. The summed E-state index contributed by atoms with van der Waals surface area (Å²) in [6.45, 7) is 0. The van der Waals surface area contributed by atoms with Crippen LogP contribution < -0.4 is 0 Å². The predicted octanol–water partition coefficient (Wildman–Crippen LogP) is 1.41. The van der Waals surface area contributed by atoms with Crippen LogP contribution in [0, 0.1) is 11.8 Å². The molecule has 2 saturated carbocycles. The highest BCUT2D eigenvalue weighted by molar-refractivity contribution is 7.17. The van der Waals surface area contributed by atoms with E-state index in [1.54, 1.807) is 0 Å². The van der Waals surface area contributed by atoms with E-state index in [-0.39, 0.29) is 6.10 Å². The van der Waals surface area contributed by atoms with E-state index < -0.39 is 0 Å². The van der Waals surface area contributed by atoms with Crippen molar-refractivity contribution in [3.63, 3.8) is 0 Å². The Kier molecular flexibility index (Phi) is 1.74. The van der Waals surface area contributed by atoms with Gasteiger partial charge in [0.25, 0.3) is 0 Å². The highest BCUT2D eigenvalue weighted by Crippen LogP contribution is 2.47. The molecule has 58 valence electrons. The van der Waals surface area contributed by atoms with Crippen molar-refractivity contribution in [1.82, 2.24) is 0 Å². The number of hydrogen-bond acceptors (Lipinski definition) is 1. The summed E-state index contributed by atoms with van der Waals surface area (Å²) in [5.41, 5.74) is 0.808. The number of hydrogen-bond donors (Lipinski definition) is 1. The summed E-state index contributed by atoms with van der Waals surface area (Å²) in [7, 11) is 2.93. The van der Waals surface area contributed by atoms with Gasteiger partial charge < -0.3 is 5.11 Å². The van der Waals surface area contributed by atoms with E-state index in [1.165, 1.54) is 19.3 Å². The predicted molar refractivity (Wildman–Crippen MR) is 45.0 cm³/mol. The van der Waals surface area contributed by atoms with Gasteiger partial charge in [0.2, 0.25) is 0 Å². The van der Waals surface area contributed by atoms with Crippen LogP contribution in [0.3, 0.4) is 0 Å². The quantitative estimate of drug-likeness (QED) is 0.528. The first-order valence-electron chi connectivity index (χ1n) is 4.22. The lowest BCUT2D eigenvalue weighted by atomic mass is 9.64. The van der Waals surface area contributed by atoms with E-state index in [9.17, 15) is 5.11 Å². The number of rotatable bonds is 0. The second-order valence-corrected chi connectivity index (χ2v) is 4.57. The van der Waals surface area contributed by atoms with Crippen molar-refractivity contribution in [1.29, 1.82) is 0 Å². The topological polar surface area (TPSA) is 20.2 Å². The maximum Gasteiger partial charge on any atom is 0.0571 e. The van der Waals surface area contributed by atoms with E-state index in [0.29, 0.717) is 5.92 Å². The van der Waals surface area contributed by atoms with Gasteiger partial charge in [0.1, 0.15) is 0 Å². The Balaban J connectivity index is 2.02. The molecule has 5 atom stereocenters. The molecule has 0 aromatic rings. The summed E-state index contributed by atoms with van der Waals surface area (Å²) in [6, 6.07) is 0. The first-order valence-corrected chi connectivity index (χ1v) is 4.89. The molecule has 2 aliphatic carbocycles. The zero-order valence-corrected chi connectivity index (χ0v) is 7.32. The van der Waals surface area contributed by atoms with Crippen LogP contribution in [0.4, 0.5) is 0 Å². The van der Waals surface area contributed by atoms with E-state index in [4.69, 9.17) is 0 Å². The first kappa shape index (κ1) is 7.06. The minimum Gasteiger partial charge on any atom is -0.393 e. The van der Waals surface area contributed by atoms with Crippen molar-refractivity contribution in [3.8, 4) is 0 Å². The average Bonchev–Trinajstić information content (AvgIpc) is 1.78. The van der Waals surface area contributed by atoms with Gasteiger partial charge in [-0.15, -0.1) is 9.24 Å². The summed E-state index contributed by atoms with van der Waals surface area (Å²) in [4.78, 5) is 0. The molecule has 10 heavy (non-hydrogen) atoms. The molecule has 2 fully saturated rings. The van der Waals surface area contributed by atoms with Crippen molar-refractivity contribution >= 4 is 9.24 Å². The molecular weight excluding hydrogens is 143 g/mol. The summed E-state index contributed by atoms with van der Waals surface area (Å²) in [5.74, 6) is 1.50. The number of aliphatic hydroxyl groups excluding tert-OH is 1. The highest BCUT2D eigenvalue weighted by atomic mass is 31.0. The normalized spacial score (nSPS) is 53.4. The Morgan fingerprint density at radius 1 is 1.00 bits per heavy atom. The van der Waals surface area contributed by atoms with Gasteiger partial charge in [-0.05, 0) is 43.2 Å². The summed E-state index contributed by atoms with van der Waals surface area (Å²) in [6.07, 6.45) is 4.92. The average molecular weight is 158 g/mol. The van der Waals surface area contributed by atoms with Crippen LogP contribution >= 0.6 is 9.24 Å². The molecule has 0 spiro atoms. The van der Waals surface area contributed by atoms with Gasteiger partial charge in [-0.2, -0.15) is 0 Å². The molecule has 1 nitrogen and oxygen atoms in total. The van der Waals surface area contributed by atoms with Crippen molar-refractivity contribution in [2.75, 3.05) is 0 Å². The molecule has 0 heterocycles. The van der Waals surface area contributed by atoms with Crippen LogP contribution in [0.25, 0.3) is 0 Å². The fourth-order valence-electron chi connectivity index (χ4n) is 2.35. The SMILES string of the molecule is O[C@@H]1CCC(P)[C@H]2CC[C@@H]12. The van der Waals surface area contributed by atoms with Gasteiger partial charge in [-0.3, -0.25) is 0 Å². The lowest BCUT2D eigenvalue weighted by Gasteiger charge is -2.47. The highest BCUT2D eigenvalue weighted by Gasteiger charge is 2.42. The first-order chi connectivity index (χ1) is 4.79. The van der Waals surface area contributed by atoms with Crippen molar-refractivity contribution in [2.24, 2.45) is 11.8 Å². The zero-order chi connectivity index (χ0) is 7.14. The van der Waals surface area contributed by atoms with Crippen LogP contribution in [0.5, 0.6) is 0 Å². The minimum atomic E-state index is 0.0375. The summed E-state index contributed by atoms with van der Waals surface area (Å²) in [5, 5.41) is 9.51. The van der Waals surface area contributed by atoms with Crippen LogP contribution in [-0.2, 0) is 0 Å². The Morgan fingerprint density at radius 3 is 2.20 bits per heavy atom. The third kappa shape index (κ3) is 0.914. The molecule has 2 rings (SSSR count). The van der Waals surface area contributed by atoms with Crippen LogP contribution in [-0.4, -0.2) is 16.9 Å². The standard InChI is InChI=1S/C8H15OP/c9-7-3-4-8(10)6-2-1-5(6)7/h5-9H,1-4,10H2/t5-,6+,7-,8?/m1/s1. The fraction of sp³-hybridized carbons (Fsp3) is 1.00. The Morgan fingerprint density at radius 2 is 1.70 bits per heavy atom. The molecule has 0 amide bonds. The van der Waals surface area contributed by atoms with Gasteiger partial charge in [0.15, 0.2) is 0 Å². The smallest absolute Gasteiger partial charge is 0.0571 e. The van der Waals surface area contributed by atoms with Gasteiger partial charge in [0.05, 0.1) is 6.10 Å². The molecule has 0 aliphatic heterocycles. The lowest BCUT2D eigenvalue weighted by molar-refractivity contribution is -0.0203. The van der Waals surface area contributed by atoms with Crippen molar-refractivity contribution in [3.05, 3.63) is 0 Å². The minimum absolute atomic E-state index is 0.0375. The molecule has 2 aliphatic rings. The number of aliphatic hydroxyl groups is 1. The third-order valence-corrected chi connectivity index (χ3v) is 4.05. The van der Waals surface area contributed by atoms with Gasteiger partial charge >= 0.3 is 0 Å². The molecule has 0 aromatic carbocycles. The van der Waals surface area contributed by atoms with E-state index in [2.05, 4.69) is 9.24 Å². The van der Waals surface area contributed by atoms with Crippen LogP contribution in [0.15, 0.2) is 0 Å². The third-order valence-electron chi connectivity index (χ3n) is 3.22. The van der Waals surface area contributed by atoms with E-state index >= 15 is 0 Å². The second kappa shape index (κ2) is 2.46. The molecular formula is C8H15OP. The van der Waals surface area contributed by atoms with Gasteiger partial charge in [-0.25, -0.2) is 0 Å². The summed E-state index contributed by atoms with van der Waals surface area (Å²) >= 11 is 0. The number of fused-ring (bicyclic) bond motifs is 1. The van der Waals surface area contributed by atoms with Crippen LogP contribution in [0.1, 0.15) is 25.7 Å². The molecule has 1 N–H and O–H groups in total. The molecule has 0 bridgehead atoms. The van der Waals surface area contributed by atoms with Crippen LogP contribution in [0.2, 0.25) is 0 Å². The zero-order valence-electron chi connectivity index (χ0n) is 6.16. The van der Waals surface area contributed by atoms with E-state index in [0.717, 1.165) is 18.0 Å². The molecule has 0 saturated heterocycles. The van der Waals surface area contributed by atoms with Gasteiger partial charge in [-0.1, -0.05) is 0 Å². The van der Waals surface area contributed by atoms with Gasteiger partial charge in [0, 0.05) is 0 Å². The lowest BCUT2D eigenvalue weighted by Crippen LogP contribution is -2.44. The second-order valence-electron chi connectivity index (χ2n) is 3.71. The maximum atomic E-state index is 9.51.